The molecular weight excluding hydrogens is 188 g/mol. The Morgan fingerprint density at radius 1 is 1.40 bits per heavy atom. The molecule has 0 radical (unpaired) electrons. The molecule has 0 aliphatic carbocycles. The molecule has 0 fully saturated rings. The number of nitrogens with zero attached hydrogens (tertiary/aromatic N) is 1. The van der Waals surface area contributed by atoms with Crippen LogP contribution in [0.5, 0.6) is 5.75 Å². The summed E-state index contributed by atoms with van der Waals surface area (Å²) < 4.78 is 5.69. The highest BCUT2D eigenvalue weighted by molar-refractivity contribution is 5.21. The van der Waals surface area contributed by atoms with Gasteiger partial charge < -0.3 is 10.5 Å². The lowest BCUT2D eigenvalue weighted by Gasteiger charge is -2.13. The summed E-state index contributed by atoms with van der Waals surface area (Å²) in [6.45, 7) is 6.14. The quantitative estimate of drug-likeness (QED) is 0.809. The van der Waals surface area contributed by atoms with Gasteiger partial charge in [-0.05, 0) is 32.4 Å². The van der Waals surface area contributed by atoms with Gasteiger partial charge in [0.1, 0.15) is 5.75 Å². The van der Waals surface area contributed by atoms with Crippen LogP contribution >= 0.6 is 0 Å². The third kappa shape index (κ3) is 3.88. The molecule has 0 saturated heterocycles. The molecular formula is C12H20N2O. The van der Waals surface area contributed by atoms with Crippen molar-refractivity contribution < 1.29 is 4.74 Å². The van der Waals surface area contributed by atoms with E-state index in [2.05, 4.69) is 18.8 Å². The van der Waals surface area contributed by atoms with Crippen LogP contribution in [0.1, 0.15) is 45.3 Å². The molecule has 84 valence electrons. The zero-order chi connectivity index (χ0) is 11.3. The number of nitrogens with two attached hydrogens (primary N) is 1. The number of hydrogen-bond donors (Lipinski definition) is 1. The molecule has 0 aliphatic heterocycles. The maximum Gasteiger partial charge on any atom is 0.138 e. The smallest absolute Gasteiger partial charge is 0.138 e. The number of hydrogen-bond acceptors (Lipinski definition) is 3. The molecule has 1 rings (SSSR count). The van der Waals surface area contributed by atoms with Crippen LogP contribution in [0.15, 0.2) is 18.3 Å². The van der Waals surface area contributed by atoms with E-state index in [0.717, 1.165) is 24.3 Å². The van der Waals surface area contributed by atoms with E-state index in [-0.39, 0.29) is 12.1 Å². The molecule has 0 aliphatic rings. The van der Waals surface area contributed by atoms with Gasteiger partial charge in [-0.1, -0.05) is 13.3 Å². The molecule has 3 heteroatoms. The Labute approximate surface area is 91.7 Å². The van der Waals surface area contributed by atoms with Gasteiger partial charge in [-0.25, -0.2) is 0 Å². The van der Waals surface area contributed by atoms with Gasteiger partial charge in [-0.2, -0.15) is 0 Å². The monoisotopic (exact) mass is 208 g/mol. The lowest BCUT2D eigenvalue weighted by molar-refractivity contribution is 0.209. The molecule has 2 N–H and O–H groups in total. The fraction of sp³-hybridized carbons (Fsp3) is 0.583. The first-order chi connectivity index (χ1) is 7.13. The predicted molar refractivity (Wildman–Crippen MR) is 61.8 cm³/mol. The first kappa shape index (κ1) is 12.0. The second-order valence-corrected chi connectivity index (χ2v) is 3.92. The van der Waals surface area contributed by atoms with Crippen molar-refractivity contribution in [1.29, 1.82) is 0 Å². The first-order valence-electron chi connectivity index (χ1n) is 5.51. The van der Waals surface area contributed by atoms with Crippen LogP contribution in [0.2, 0.25) is 0 Å². The summed E-state index contributed by atoms with van der Waals surface area (Å²) in [7, 11) is 0. The molecule has 2 atom stereocenters. The van der Waals surface area contributed by atoms with Crippen LogP contribution in [0, 0.1) is 0 Å². The second-order valence-electron chi connectivity index (χ2n) is 3.92. The molecule has 1 heterocycles. The van der Waals surface area contributed by atoms with Crippen LogP contribution < -0.4 is 10.5 Å². The van der Waals surface area contributed by atoms with E-state index in [1.165, 1.54) is 0 Å². The third-order valence-electron chi connectivity index (χ3n) is 2.26. The molecule has 1 aromatic heterocycles. The maximum atomic E-state index is 5.71. The van der Waals surface area contributed by atoms with Crippen molar-refractivity contribution in [2.75, 3.05) is 0 Å². The molecule has 0 aromatic carbocycles. The average molecular weight is 208 g/mol. The molecule has 1 aromatic rings. The van der Waals surface area contributed by atoms with Crippen molar-refractivity contribution in [2.24, 2.45) is 5.73 Å². The number of ether oxygens (including phenoxy) is 1. The van der Waals surface area contributed by atoms with Crippen LogP contribution in [0.3, 0.4) is 0 Å². The van der Waals surface area contributed by atoms with Crippen molar-refractivity contribution >= 4 is 0 Å². The topological polar surface area (TPSA) is 48.1 Å². The highest BCUT2D eigenvalue weighted by atomic mass is 16.5. The summed E-state index contributed by atoms with van der Waals surface area (Å²) in [5.74, 6) is 0.820. The van der Waals surface area contributed by atoms with Gasteiger partial charge in [0, 0.05) is 6.04 Å². The Kier molecular flexibility index (Phi) is 4.56. The Morgan fingerprint density at radius 3 is 2.60 bits per heavy atom. The van der Waals surface area contributed by atoms with Gasteiger partial charge in [0.15, 0.2) is 0 Å². The molecule has 0 saturated carbocycles. The lowest BCUT2D eigenvalue weighted by Crippen LogP contribution is -2.12. The molecule has 1 unspecified atom stereocenters. The van der Waals surface area contributed by atoms with Crippen LogP contribution in [0.25, 0.3) is 0 Å². The summed E-state index contributed by atoms with van der Waals surface area (Å²) in [5.41, 5.74) is 6.60. The molecule has 3 nitrogen and oxygen atoms in total. The Morgan fingerprint density at radius 2 is 2.13 bits per heavy atom. The molecule has 0 spiro atoms. The minimum absolute atomic E-state index is 0.0212. The van der Waals surface area contributed by atoms with E-state index in [1.807, 2.05) is 19.1 Å². The van der Waals surface area contributed by atoms with Crippen LogP contribution in [0.4, 0.5) is 0 Å². The van der Waals surface area contributed by atoms with E-state index < -0.39 is 0 Å². The fourth-order valence-corrected chi connectivity index (χ4v) is 1.43. The number of aromatic nitrogens is 1. The van der Waals surface area contributed by atoms with Gasteiger partial charge in [0.05, 0.1) is 18.0 Å². The maximum absolute atomic E-state index is 5.71. The standard InChI is InChI=1S/C12H20N2O/c1-4-5-9(2)15-11-6-7-12(10(3)13)14-8-11/h6-10H,4-5,13H2,1-3H3/t9?,10-/m1/s1. The molecule has 0 amide bonds. The van der Waals surface area contributed by atoms with Crippen molar-refractivity contribution in [3.05, 3.63) is 24.0 Å². The van der Waals surface area contributed by atoms with Crippen molar-refractivity contribution in [1.82, 2.24) is 4.98 Å². The number of rotatable bonds is 5. The molecule has 0 bridgehead atoms. The van der Waals surface area contributed by atoms with E-state index >= 15 is 0 Å². The highest BCUT2D eigenvalue weighted by Gasteiger charge is 2.04. The van der Waals surface area contributed by atoms with E-state index in [1.54, 1.807) is 6.20 Å². The second kappa shape index (κ2) is 5.71. The van der Waals surface area contributed by atoms with Gasteiger partial charge in [-0.15, -0.1) is 0 Å². The van der Waals surface area contributed by atoms with E-state index in [9.17, 15) is 0 Å². The minimum atomic E-state index is -0.0212. The minimum Gasteiger partial charge on any atom is -0.489 e. The average Bonchev–Trinajstić information content (AvgIpc) is 2.18. The summed E-state index contributed by atoms with van der Waals surface area (Å²) >= 11 is 0. The first-order valence-corrected chi connectivity index (χ1v) is 5.51. The van der Waals surface area contributed by atoms with Crippen molar-refractivity contribution in [3.63, 3.8) is 0 Å². The fourth-order valence-electron chi connectivity index (χ4n) is 1.43. The van der Waals surface area contributed by atoms with Gasteiger partial charge in [0.2, 0.25) is 0 Å². The Balaban J connectivity index is 2.56. The normalized spacial score (nSPS) is 14.7. The number of pyridine rings is 1. The van der Waals surface area contributed by atoms with Crippen molar-refractivity contribution in [2.45, 2.75) is 45.8 Å². The third-order valence-corrected chi connectivity index (χ3v) is 2.26. The largest absolute Gasteiger partial charge is 0.489 e. The summed E-state index contributed by atoms with van der Waals surface area (Å²) in [5, 5.41) is 0. The van der Waals surface area contributed by atoms with E-state index in [4.69, 9.17) is 10.5 Å². The van der Waals surface area contributed by atoms with Crippen LogP contribution in [-0.4, -0.2) is 11.1 Å². The predicted octanol–water partition coefficient (Wildman–Crippen LogP) is 2.67. The summed E-state index contributed by atoms with van der Waals surface area (Å²) in [6, 6.07) is 3.82. The summed E-state index contributed by atoms with van der Waals surface area (Å²) in [6.07, 6.45) is 4.19. The van der Waals surface area contributed by atoms with Crippen LogP contribution in [-0.2, 0) is 0 Å². The summed E-state index contributed by atoms with van der Waals surface area (Å²) in [4.78, 5) is 4.24. The Hall–Kier alpha value is -1.09. The lowest BCUT2D eigenvalue weighted by atomic mass is 10.2. The van der Waals surface area contributed by atoms with Gasteiger partial charge in [-0.3, -0.25) is 4.98 Å². The van der Waals surface area contributed by atoms with Gasteiger partial charge >= 0.3 is 0 Å². The highest BCUT2D eigenvalue weighted by Crippen LogP contribution is 2.15. The Bertz CT molecular complexity index is 282. The zero-order valence-corrected chi connectivity index (χ0v) is 9.73. The molecule has 15 heavy (non-hydrogen) atoms. The van der Waals surface area contributed by atoms with Crippen molar-refractivity contribution in [3.8, 4) is 5.75 Å². The zero-order valence-electron chi connectivity index (χ0n) is 9.73. The van der Waals surface area contributed by atoms with Gasteiger partial charge in [0.25, 0.3) is 0 Å². The SMILES string of the molecule is CCCC(C)Oc1ccc([C@@H](C)N)nc1. The van der Waals surface area contributed by atoms with E-state index in [0.29, 0.717) is 0 Å².